The van der Waals surface area contributed by atoms with Crippen molar-refractivity contribution in [3.8, 4) is 0 Å². The van der Waals surface area contributed by atoms with Gasteiger partial charge in [0, 0.05) is 29.8 Å². The van der Waals surface area contributed by atoms with Crippen molar-refractivity contribution in [2.24, 2.45) is 0 Å². The van der Waals surface area contributed by atoms with E-state index in [9.17, 15) is 9.59 Å². The van der Waals surface area contributed by atoms with E-state index in [4.69, 9.17) is 0 Å². The molecule has 0 atom stereocenters. The Kier molecular flexibility index (Phi) is 4.45. The summed E-state index contributed by atoms with van der Waals surface area (Å²) >= 11 is 0. The summed E-state index contributed by atoms with van der Waals surface area (Å²) in [5, 5.41) is 3.04. The van der Waals surface area contributed by atoms with Crippen LogP contribution in [0.15, 0.2) is 61.2 Å². The van der Waals surface area contributed by atoms with Gasteiger partial charge in [0.1, 0.15) is 0 Å². The van der Waals surface area contributed by atoms with Gasteiger partial charge in [0.15, 0.2) is 0 Å². The molecular formula is C21H22N2O2. The lowest BCUT2D eigenvalue weighted by molar-refractivity contribution is -0.122. The summed E-state index contributed by atoms with van der Waals surface area (Å²) in [6.45, 7) is 8.26. The number of benzene rings is 2. The number of rotatable bonds is 5. The quantitative estimate of drug-likeness (QED) is 0.909. The molecule has 1 heterocycles. The summed E-state index contributed by atoms with van der Waals surface area (Å²) in [5.74, 6) is -0.180. The smallest absolute Gasteiger partial charge is 0.258 e. The van der Waals surface area contributed by atoms with Gasteiger partial charge in [-0.1, -0.05) is 55.1 Å². The predicted molar refractivity (Wildman–Crippen MR) is 98.7 cm³/mol. The van der Waals surface area contributed by atoms with E-state index in [-0.39, 0.29) is 18.2 Å². The second-order valence-electron chi connectivity index (χ2n) is 6.74. The molecule has 0 saturated heterocycles. The maximum atomic E-state index is 12.5. The zero-order chi connectivity index (χ0) is 18.0. The van der Waals surface area contributed by atoms with E-state index in [1.165, 1.54) is 0 Å². The molecule has 4 heteroatoms. The second-order valence-corrected chi connectivity index (χ2v) is 6.74. The largest absolute Gasteiger partial charge is 0.347 e. The van der Waals surface area contributed by atoms with Gasteiger partial charge in [0.25, 0.3) is 5.91 Å². The Balaban J connectivity index is 1.62. The molecule has 0 bridgehead atoms. The van der Waals surface area contributed by atoms with E-state index < -0.39 is 5.54 Å². The Morgan fingerprint density at radius 3 is 2.28 bits per heavy atom. The lowest BCUT2D eigenvalue weighted by Gasteiger charge is -2.27. The van der Waals surface area contributed by atoms with Gasteiger partial charge in [-0.15, -0.1) is 0 Å². The summed E-state index contributed by atoms with van der Waals surface area (Å²) in [6, 6.07) is 17.2. The van der Waals surface area contributed by atoms with Gasteiger partial charge >= 0.3 is 0 Å². The number of hydrogen-bond donors (Lipinski definition) is 1. The first-order valence-electron chi connectivity index (χ1n) is 8.37. The molecule has 0 fully saturated rings. The van der Waals surface area contributed by atoms with Crippen LogP contribution in [0.3, 0.4) is 0 Å². The Hall–Kier alpha value is -2.88. The third-order valence-electron chi connectivity index (χ3n) is 4.55. The van der Waals surface area contributed by atoms with E-state index in [1.54, 1.807) is 11.0 Å². The van der Waals surface area contributed by atoms with Crippen LogP contribution in [-0.4, -0.2) is 23.3 Å². The van der Waals surface area contributed by atoms with Crippen LogP contribution in [0, 0.1) is 0 Å². The molecule has 1 N–H and O–H groups in total. The van der Waals surface area contributed by atoms with Gasteiger partial charge in [-0.25, -0.2) is 0 Å². The normalized spacial score (nSPS) is 13.8. The first-order chi connectivity index (χ1) is 11.9. The molecule has 2 aromatic carbocycles. The van der Waals surface area contributed by atoms with Crippen LogP contribution in [0.2, 0.25) is 0 Å². The zero-order valence-corrected chi connectivity index (χ0v) is 14.6. The van der Waals surface area contributed by atoms with Crippen molar-refractivity contribution in [3.05, 3.63) is 77.9 Å². The molecule has 128 valence electrons. The number of nitrogens with one attached hydrogen (secondary N) is 1. The molecular weight excluding hydrogens is 312 g/mol. The van der Waals surface area contributed by atoms with Crippen molar-refractivity contribution in [2.45, 2.75) is 25.8 Å². The zero-order valence-electron chi connectivity index (χ0n) is 14.6. The monoisotopic (exact) mass is 334 g/mol. The summed E-state index contributed by atoms with van der Waals surface area (Å²) in [7, 11) is 0. The minimum absolute atomic E-state index is 0.0873. The minimum Gasteiger partial charge on any atom is -0.347 e. The molecule has 3 rings (SSSR count). The van der Waals surface area contributed by atoms with Crippen LogP contribution in [0.25, 0.3) is 5.70 Å². The van der Waals surface area contributed by atoms with Crippen LogP contribution in [-0.2, 0) is 10.3 Å². The highest BCUT2D eigenvalue weighted by molar-refractivity contribution is 6.08. The average molecular weight is 334 g/mol. The lowest BCUT2D eigenvalue weighted by atomic mass is 9.94. The summed E-state index contributed by atoms with van der Waals surface area (Å²) in [4.78, 5) is 26.4. The van der Waals surface area contributed by atoms with Crippen molar-refractivity contribution in [2.75, 3.05) is 6.54 Å². The Morgan fingerprint density at radius 1 is 1.04 bits per heavy atom. The van der Waals surface area contributed by atoms with E-state index in [0.29, 0.717) is 17.8 Å². The fourth-order valence-electron chi connectivity index (χ4n) is 3.12. The molecule has 0 aliphatic carbocycles. The molecule has 25 heavy (non-hydrogen) atoms. The van der Waals surface area contributed by atoms with Gasteiger partial charge in [0.05, 0.1) is 5.54 Å². The molecule has 1 aliphatic rings. The van der Waals surface area contributed by atoms with Crippen LogP contribution < -0.4 is 5.32 Å². The number of carbonyl (C=O) groups excluding carboxylic acids is 2. The fraction of sp³-hybridized carbons (Fsp3) is 0.238. The number of fused-ring (bicyclic) bond motifs is 1. The molecule has 0 aromatic heterocycles. The maximum absolute atomic E-state index is 12.5. The summed E-state index contributed by atoms with van der Waals surface area (Å²) in [5.41, 5.74) is 2.73. The van der Waals surface area contributed by atoms with E-state index >= 15 is 0 Å². The fourth-order valence-corrected chi connectivity index (χ4v) is 3.12. The topological polar surface area (TPSA) is 49.4 Å². The van der Waals surface area contributed by atoms with Crippen molar-refractivity contribution >= 4 is 17.5 Å². The SMILES string of the molecule is C=C1c2ccccc2C(=O)N1CCC(=O)NC(C)(C)c1ccccc1. The summed E-state index contributed by atoms with van der Waals surface area (Å²) in [6.07, 6.45) is 0.231. The third kappa shape index (κ3) is 3.33. The minimum atomic E-state index is -0.465. The molecule has 0 spiro atoms. The van der Waals surface area contributed by atoms with Gasteiger partial charge < -0.3 is 10.2 Å². The standard InChI is InChI=1S/C21H22N2O2/c1-15-17-11-7-8-12-18(17)20(25)23(15)14-13-19(24)22-21(2,3)16-9-5-4-6-10-16/h4-12H,1,13-14H2,2-3H3,(H,22,24). The third-order valence-corrected chi connectivity index (χ3v) is 4.55. The molecule has 0 unspecified atom stereocenters. The highest BCUT2D eigenvalue weighted by Crippen LogP contribution is 2.31. The van der Waals surface area contributed by atoms with Crippen LogP contribution in [0.5, 0.6) is 0 Å². The van der Waals surface area contributed by atoms with Gasteiger partial charge in [-0.05, 0) is 25.5 Å². The highest BCUT2D eigenvalue weighted by atomic mass is 16.2. The van der Waals surface area contributed by atoms with Crippen molar-refractivity contribution in [1.29, 1.82) is 0 Å². The number of hydrogen-bond acceptors (Lipinski definition) is 2. The second kappa shape index (κ2) is 6.55. The molecule has 0 saturated carbocycles. The Morgan fingerprint density at radius 2 is 1.64 bits per heavy atom. The molecule has 4 nitrogen and oxygen atoms in total. The van der Waals surface area contributed by atoms with Crippen molar-refractivity contribution in [3.63, 3.8) is 0 Å². The average Bonchev–Trinajstić information content (AvgIpc) is 2.85. The Labute approximate surface area is 148 Å². The van der Waals surface area contributed by atoms with Crippen molar-refractivity contribution in [1.82, 2.24) is 10.2 Å². The highest BCUT2D eigenvalue weighted by Gasteiger charge is 2.31. The summed E-state index contributed by atoms with van der Waals surface area (Å²) < 4.78 is 0. The van der Waals surface area contributed by atoms with E-state index in [2.05, 4.69) is 11.9 Å². The van der Waals surface area contributed by atoms with Crippen molar-refractivity contribution < 1.29 is 9.59 Å². The van der Waals surface area contributed by atoms with E-state index in [0.717, 1.165) is 11.1 Å². The maximum Gasteiger partial charge on any atom is 0.258 e. The van der Waals surface area contributed by atoms with Crippen LogP contribution in [0.4, 0.5) is 0 Å². The first kappa shape index (κ1) is 17.0. The molecule has 2 aromatic rings. The first-order valence-corrected chi connectivity index (χ1v) is 8.37. The predicted octanol–water partition coefficient (Wildman–Crippen LogP) is 3.55. The Bertz CT molecular complexity index is 790. The number of carbonyl (C=O) groups is 2. The van der Waals surface area contributed by atoms with Gasteiger partial charge in [-0.2, -0.15) is 0 Å². The van der Waals surface area contributed by atoms with E-state index in [1.807, 2.05) is 62.4 Å². The van der Waals surface area contributed by atoms with Crippen LogP contribution in [0.1, 0.15) is 41.8 Å². The lowest BCUT2D eigenvalue weighted by Crippen LogP contribution is -2.42. The molecule has 1 aliphatic heterocycles. The van der Waals surface area contributed by atoms with Gasteiger partial charge in [-0.3, -0.25) is 9.59 Å². The van der Waals surface area contributed by atoms with Gasteiger partial charge in [0.2, 0.25) is 5.91 Å². The van der Waals surface area contributed by atoms with Crippen LogP contribution >= 0.6 is 0 Å². The molecule has 0 radical (unpaired) electrons. The number of nitrogens with zero attached hydrogens (tertiary/aromatic N) is 1. The number of amides is 2. The molecule has 2 amide bonds.